The summed E-state index contributed by atoms with van der Waals surface area (Å²) in [5.74, 6) is 0.0502. The summed E-state index contributed by atoms with van der Waals surface area (Å²) in [4.78, 5) is 22.6. The Kier molecular flexibility index (Phi) is 6.11. The summed E-state index contributed by atoms with van der Waals surface area (Å²) in [5, 5.41) is 13.6. The van der Waals surface area contributed by atoms with Crippen LogP contribution in [0, 0.1) is 28.9 Å². The zero-order chi connectivity index (χ0) is 14.7. The second kappa shape index (κ2) is 7.38. The average molecular weight is 314 g/mol. The monoisotopic (exact) mass is 313 g/mol. The van der Waals surface area contributed by atoms with Gasteiger partial charge >= 0.3 is 0 Å². The fourth-order valence-electron chi connectivity index (χ4n) is 2.75. The molecule has 7 heteroatoms. The Morgan fingerprint density at radius 3 is 2.81 bits per heavy atom. The summed E-state index contributed by atoms with van der Waals surface area (Å²) in [7, 11) is 0. The van der Waals surface area contributed by atoms with E-state index in [1.807, 2.05) is 6.92 Å². The zero-order valence-corrected chi connectivity index (χ0v) is 12.7. The van der Waals surface area contributed by atoms with Gasteiger partial charge in [0.1, 0.15) is 0 Å². The number of anilines is 1. The van der Waals surface area contributed by atoms with Crippen LogP contribution in [0.3, 0.4) is 0 Å². The Morgan fingerprint density at radius 2 is 2.19 bits per heavy atom. The smallest absolute Gasteiger partial charge is 0.271 e. The Hall–Kier alpha value is -1.66. The van der Waals surface area contributed by atoms with Crippen LogP contribution in [0.4, 0.5) is 11.4 Å². The van der Waals surface area contributed by atoms with Crippen molar-refractivity contribution in [2.75, 3.05) is 11.9 Å². The van der Waals surface area contributed by atoms with Crippen LogP contribution in [-0.4, -0.2) is 17.4 Å². The molecule has 0 aromatic heterocycles. The molecule has 21 heavy (non-hydrogen) atoms. The number of rotatable bonds is 4. The first-order valence-corrected chi connectivity index (χ1v) is 6.79. The third-order valence-electron chi connectivity index (χ3n) is 3.99. The van der Waals surface area contributed by atoms with Gasteiger partial charge in [0.25, 0.3) is 5.69 Å². The van der Waals surface area contributed by atoms with Crippen molar-refractivity contribution in [3.05, 3.63) is 33.9 Å². The molecule has 0 heterocycles. The quantitative estimate of drug-likeness (QED) is 0.659. The summed E-state index contributed by atoms with van der Waals surface area (Å²) >= 11 is 0. The Bertz CT molecular complexity index is 536. The van der Waals surface area contributed by atoms with Crippen LogP contribution in [0.1, 0.15) is 24.8 Å². The molecule has 116 valence electrons. The van der Waals surface area contributed by atoms with E-state index in [2.05, 4.69) is 5.32 Å². The molecular weight excluding hydrogens is 294 g/mol. The number of nitrogens with zero attached hydrogens (tertiary/aromatic N) is 1. The van der Waals surface area contributed by atoms with E-state index in [4.69, 9.17) is 5.73 Å². The van der Waals surface area contributed by atoms with Gasteiger partial charge in [-0.3, -0.25) is 14.9 Å². The predicted octanol–water partition coefficient (Wildman–Crippen LogP) is 2.64. The lowest BCUT2D eigenvalue weighted by Gasteiger charge is -2.18. The average Bonchev–Trinajstić information content (AvgIpc) is 2.89. The summed E-state index contributed by atoms with van der Waals surface area (Å²) in [5.41, 5.74) is 6.98. The standard InChI is InChI=1S/C14H19N3O3.ClH/c1-9-5-6-11(17(19)20)7-13(9)16-14(18)12-4-2-3-10(12)8-15;/h5-7,10,12H,2-4,8,15H2,1H3,(H,16,18);1H/t10-,12-;/m1./s1. The maximum Gasteiger partial charge on any atom is 0.271 e. The van der Waals surface area contributed by atoms with E-state index in [9.17, 15) is 14.9 Å². The predicted molar refractivity (Wildman–Crippen MR) is 83.6 cm³/mol. The highest BCUT2D eigenvalue weighted by atomic mass is 35.5. The van der Waals surface area contributed by atoms with Crippen LogP contribution in [0.15, 0.2) is 18.2 Å². The number of non-ortho nitro benzene ring substituents is 1. The number of nitro groups is 1. The number of hydrogen-bond acceptors (Lipinski definition) is 4. The van der Waals surface area contributed by atoms with Crippen molar-refractivity contribution >= 4 is 29.7 Å². The van der Waals surface area contributed by atoms with Crippen molar-refractivity contribution < 1.29 is 9.72 Å². The molecule has 0 radical (unpaired) electrons. The molecule has 0 saturated heterocycles. The van der Waals surface area contributed by atoms with Crippen molar-refractivity contribution in [3.63, 3.8) is 0 Å². The largest absolute Gasteiger partial charge is 0.330 e. The summed E-state index contributed by atoms with van der Waals surface area (Å²) in [6.07, 6.45) is 2.82. The molecule has 0 bridgehead atoms. The van der Waals surface area contributed by atoms with Gasteiger partial charge < -0.3 is 11.1 Å². The zero-order valence-electron chi connectivity index (χ0n) is 11.9. The third-order valence-corrected chi connectivity index (χ3v) is 3.99. The molecule has 1 saturated carbocycles. The van der Waals surface area contributed by atoms with Gasteiger partial charge in [-0.15, -0.1) is 12.4 Å². The first-order valence-electron chi connectivity index (χ1n) is 6.79. The molecule has 0 unspecified atom stereocenters. The van der Waals surface area contributed by atoms with E-state index in [0.717, 1.165) is 24.8 Å². The van der Waals surface area contributed by atoms with Crippen LogP contribution in [0.5, 0.6) is 0 Å². The first kappa shape index (κ1) is 17.4. The van der Waals surface area contributed by atoms with Gasteiger partial charge in [0, 0.05) is 18.1 Å². The van der Waals surface area contributed by atoms with Crippen LogP contribution in [0.25, 0.3) is 0 Å². The fraction of sp³-hybridized carbons (Fsp3) is 0.500. The second-order valence-corrected chi connectivity index (χ2v) is 5.28. The van der Waals surface area contributed by atoms with Crippen LogP contribution >= 0.6 is 12.4 Å². The molecule has 6 nitrogen and oxygen atoms in total. The lowest BCUT2D eigenvalue weighted by molar-refractivity contribution is -0.384. The number of nitrogens with two attached hydrogens (primary N) is 1. The number of carbonyl (C=O) groups excluding carboxylic acids is 1. The van der Waals surface area contributed by atoms with E-state index in [0.29, 0.717) is 12.2 Å². The summed E-state index contributed by atoms with van der Waals surface area (Å²) < 4.78 is 0. The minimum absolute atomic E-state index is 0. The normalized spacial score (nSPS) is 20.7. The van der Waals surface area contributed by atoms with Gasteiger partial charge in [-0.25, -0.2) is 0 Å². The lowest BCUT2D eigenvalue weighted by Crippen LogP contribution is -2.30. The Morgan fingerprint density at radius 1 is 1.48 bits per heavy atom. The van der Waals surface area contributed by atoms with Crippen molar-refractivity contribution in [2.24, 2.45) is 17.6 Å². The highest BCUT2D eigenvalue weighted by molar-refractivity contribution is 5.94. The molecular formula is C14H20ClN3O3. The van der Waals surface area contributed by atoms with Crippen molar-refractivity contribution in [3.8, 4) is 0 Å². The topological polar surface area (TPSA) is 98.3 Å². The van der Waals surface area contributed by atoms with Crippen molar-refractivity contribution in [1.29, 1.82) is 0 Å². The lowest BCUT2D eigenvalue weighted by atomic mass is 9.95. The Labute approximate surface area is 129 Å². The van der Waals surface area contributed by atoms with Gasteiger partial charge in [0.2, 0.25) is 5.91 Å². The number of carbonyl (C=O) groups is 1. The molecule has 1 aliphatic rings. The highest BCUT2D eigenvalue weighted by Crippen LogP contribution is 2.32. The maximum absolute atomic E-state index is 12.3. The van der Waals surface area contributed by atoms with Crippen molar-refractivity contribution in [1.82, 2.24) is 0 Å². The van der Waals surface area contributed by atoms with E-state index < -0.39 is 4.92 Å². The van der Waals surface area contributed by atoms with Crippen LogP contribution in [-0.2, 0) is 4.79 Å². The third kappa shape index (κ3) is 3.92. The van der Waals surface area contributed by atoms with E-state index in [1.54, 1.807) is 6.07 Å². The molecule has 1 aromatic rings. The van der Waals surface area contributed by atoms with Gasteiger partial charge in [-0.1, -0.05) is 12.5 Å². The van der Waals surface area contributed by atoms with E-state index in [-0.39, 0.29) is 35.8 Å². The van der Waals surface area contributed by atoms with Gasteiger partial charge in [0.15, 0.2) is 0 Å². The van der Waals surface area contributed by atoms with Crippen LogP contribution < -0.4 is 11.1 Å². The highest BCUT2D eigenvalue weighted by Gasteiger charge is 2.32. The summed E-state index contributed by atoms with van der Waals surface area (Å²) in [6.45, 7) is 2.32. The number of benzene rings is 1. The molecule has 3 N–H and O–H groups in total. The minimum Gasteiger partial charge on any atom is -0.330 e. The molecule has 0 aliphatic heterocycles. The number of nitro benzene ring substituents is 1. The molecule has 1 fully saturated rings. The number of amides is 1. The molecule has 1 amide bonds. The Balaban J connectivity index is 0.00000220. The minimum atomic E-state index is -0.465. The fourth-order valence-corrected chi connectivity index (χ4v) is 2.75. The molecule has 2 rings (SSSR count). The molecule has 0 spiro atoms. The number of hydrogen-bond donors (Lipinski definition) is 2. The molecule has 1 aliphatic carbocycles. The van der Waals surface area contributed by atoms with E-state index in [1.165, 1.54) is 12.1 Å². The number of halogens is 1. The van der Waals surface area contributed by atoms with Gasteiger partial charge in [0.05, 0.1) is 10.6 Å². The molecule has 1 aromatic carbocycles. The van der Waals surface area contributed by atoms with E-state index >= 15 is 0 Å². The second-order valence-electron chi connectivity index (χ2n) is 5.28. The van der Waals surface area contributed by atoms with Crippen LogP contribution in [0.2, 0.25) is 0 Å². The van der Waals surface area contributed by atoms with Crippen molar-refractivity contribution in [2.45, 2.75) is 26.2 Å². The first-order chi connectivity index (χ1) is 9.52. The van der Waals surface area contributed by atoms with Gasteiger partial charge in [-0.2, -0.15) is 0 Å². The maximum atomic E-state index is 12.3. The van der Waals surface area contributed by atoms with Gasteiger partial charge in [-0.05, 0) is 37.8 Å². The molecule has 2 atom stereocenters. The summed E-state index contributed by atoms with van der Waals surface area (Å²) in [6, 6.07) is 4.48. The number of aryl methyl sites for hydroxylation is 1. The number of nitrogens with one attached hydrogen (secondary N) is 1. The SMILES string of the molecule is Cc1ccc([N+](=O)[O-])cc1NC(=O)[C@@H]1CCC[C@@H]1CN.Cl.